The molecule has 1 aliphatic carbocycles. The van der Waals surface area contributed by atoms with Crippen molar-refractivity contribution in [2.24, 2.45) is 0 Å². The number of rotatable bonds is 21. The van der Waals surface area contributed by atoms with E-state index in [9.17, 15) is 0 Å². The van der Waals surface area contributed by atoms with Crippen molar-refractivity contribution in [3.05, 3.63) is 138 Å². The van der Waals surface area contributed by atoms with Gasteiger partial charge in [0.25, 0.3) is 0 Å². The highest BCUT2D eigenvalue weighted by molar-refractivity contribution is 5.85. The molecule has 0 unspecified atom stereocenters. The molecule has 1 aliphatic rings. The van der Waals surface area contributed by atoms with Gasteiger partial charge in [-0.3, -0.25) is 0 Å². The standard InChI is InChI=1S/C52H65N/c1-5-8-11-13-15-19-38-52(39-20-16-14-12-9-6-2)50-23-18-17-22-48(50)49-37-30-44(40-51(49)52)43-28-35-47(36-29-43)53(45-31-24-41(4)25-32-45)46-33-26-42(27-34-46)21-10-7-3/h17-18,22-37,40H,5-16,19-21,38-39H2,1-4H3. The third-order valence-electron chi connectivity index (χ3n) is 11.9. The second-order valence-electron chi connectivity index (χ2n) is 15.9. The number of benzene rings is 5. The van der Waals surface area contributed by atoms with Gasteiger partial charge in [-0.15, -0.1) is 0 Å². The van der Waals surface area contributed by atoms with Crippen molar-refractivity contribution in [2.45, 2.75) is 142 Å². The van der Waals surface area contributed by atoms with Crippen LogP contribution < -0.4 is 4.90 Å². The summed E-state index contributed by atoms with van der Waals surface area (Å²) in [5.74, 6) is 0. The van der Waals surface area contributed by atoms with Crippen molar-refractivity contribution >= 4 is 17.1 Å². The summed E-state index contributed by atoms with van der Waals surface area (Å²) >= 11 is 0. The number of hydrogen-bond acceptors (Lipinski definition) is 1. The molecule has 0 radical (unpaired) electrons. The molecule has 1 heteroatoms. The van der Waals surface area contributed by atoms with Crippen molar-refractivity contribution < 1.29 is 0 Å². The van der Waals surface area contributed by atoms with Crippen LogP contribution in [0, 0.1) is 6.92 Å². The number of unbranched alkanes of at least 4 members (excludes halogenated alkanes) is 11. The Balaban J connectivity index is 1.32. The van der Waals surface area contributed by atoms with E-state index in [4.69, 9.17) is 0 Å². The molecule has 0 aliphatic heterocycles. The Morgan fingerprint density at radius 2 is 0.925 bits per heavy atom. The first-order valence-corrected chi connectivity index (χ1v) is 21.4. The Morgan fingerprint density at radius 3 is 1.53 bits per heavy atom. The van der Waals surface area contributed by atoms with Gasteiger partial charge in [0.2, 0.25) is 0 Å². The Hall–Kier alpha value is -4.10. The zero-order valence-electron chi connectivity index (χ0n) is 33.4. The lowest BCUT2D eigenvalue weighted by atomic mass is 9.70. The molecule has 278 valence electrons. The lowest BCUT2D eigenvalue weighted by molar-refractivity contribution is 0.398. The molecule has 6 rings (SSSR count). The molecule has 0 saturated heterocycles. The predicted molar refractivity (Wildman–Crippen MR) is 232 cm³/mol. The summed E-state index contributed by atoms with van der Waals surface area (Å²) in [6.45, 7) is 9.07. The third-order valence-corrected chi connectivity index (χ3v) is 11.9. The average Bonchev–Trinajstić information content (AvgIpc) is 3.47. The van der Waals surface area contributed by atoms with Crippen LogP contribution in [-0.2, 0) is 11.8 Å². The fraction of sp³-hybridized carbons (Fsp3) is 0.423. The number of nitrogens with zero attached hydrogens (tertiary/aromatic N) is 1. The molecular formula is C52H65N. The van der Waals surface area contributed by atoms with Crippen molar-refractivity contribution in [1.82, 2.24) is 0 Å². The molecule has 0 spiro atoms. The Bertz CT molecular complexity index is 1810. The molecule has 0 atom stereocenters. The van der Waals surface area contributed by atoms with Gasteiger partial charge in [0.05, 0.1) is 0 Å². The second kappa shape index (κ2) is 19.3. The largest absolute Gasteiger partial charge is 0.311 e. The van der Waals surface area contributed by atoms with Crippen LogP contribution in [0.1, 0.15) is 146 Å². The van der Waals surface area contributed by atoms with Gasteiger partial charge in [-0.05, 0) is 114 Å². The molecule has 5 aromatic rings. The van der Waals surface area contributed by atoms with Crippen molar-refractivity contribution in [2.75, 3.05) is 4.90 Å². The lowest BCUT2D eigenvalue weighted by Gasteiger charge is -2.33. The molecule has 53 heavy (non-hydrogen) atoms. The topological polar surface area (TPSA) is 3.24 Å². The first-order valence-electron chi connectivity index (χ1n) is 21.4. The van der Waals surface area contributed by atoms with Crippen molar-refractivity contribution in [1.29, 1.82) is 0 Å². The molecule has 1 nitrogen and oxygen atoms in total. The van der Waals surface area contributed by atoms with E-state index < -0.39 is 0 Å². The lowest BCUT2D eigenvalue weighted by Crippen LogP contribution is -2.25. The molecule has 0 heterocycles. The van der Waals surface area contributed by atoms with E-state index in [1.165, 1.54) is 153 Å². The van der Waals surface area contributed by atoms with E-state index in [0.29, 0.717) is 0 Å². The second-order valence-corrected chi connectivity index (χ2v) is 15.9. The van der Waals surface area contributed by atoms with Crippen LogP contribution in [0.5, 0.6) is 0 Å². The van der Waals surface area contributed by atoms with E-state index in [2.05, 4.69) is 148 Å². The van der Waals surface area contributed by atoms with Gasteiger partial charge in [-0.25, -0.2) is 0 Å². The monoisotopic (exact) mass is 704 g/mol. The highest BCUT2D eigenvalue weighted by atomic mass is 15.1. The zero-order chi connectivity index (χ0) is 36.9. The molecule has 0 bridgehead atoms. The van der Waals surface area contributed by atoms with Crippen molar-refractivity contribution in [3.8, 4) is 22.3 Å². The van der Waals surface area contributed by atoms with Crippen molar-refractivity contribution in [3.63, 3.8) is 0 Å². The van der Waals surface area contributed by atoms with Crippen LogP contribution >= 0.6 is 0 Å². The van der Waals surface area contributed by atoms with Crippen LogP contribution in [0.15, 0.2) is 115 Å². The minimum Gasteiger partial charge on any atom is -0.311 e. The van der Waals surface area contributed by atoms with Gasteiger partial charge in [-0.2, -0.15) is 0 Å². The summed E-state index contributed by atoms with van der Waals surface area (Å²) in [6, 6.07) is 44.3. The molecule has 0 fully saturated rings. The average molecular weight is 704 g/mol. The maximum Gasteiger partial charge on any atom is 0.0462 e. The smallest absolute Gasteiger partial charge is 0.0462 e. The molecule has 0 N–H and O–H groups in total. The van der Waals surface area contributed by atoms with Gasteiger partial charge >= 0.3 is 0 Å². The highest BCUT2D eigenvalue weighted by Gasteiger charge is 2.42. The number of hydrogen-bond donors (Lipinski definition) is 0. The highest BCUT2D eigenvalue weighted by Crippen LogP contribution is 2.55. The van der Waals surface area contributed by atoms with Gasteiger partial charge < -0.3 is 4.90 Å². The first-order chi connectivity index (χ1) is 26.1. The number of fused-ring (bicyclic) bond motifs is 3. The fourth-order valence-corrected chi connectivity index (χ4v) is 8.85. The Kier molecular flexibility index (Phi) is 14.1. The van der Waals surface area contributed by atoms with Crippen LogP contribution in [-0.4, -0.2) is 0 Å². The number of aryl methyl sites for hydroxylation is 2. The molecule has 0 amide bonds. The van der Waals surface area contributed by atoms with E-state index in [1.54, 1.807) is 11.1 Å². The van der Waals surface area contributed by atoms with E-state index in [1.807, 2.05) is 0 Å². The van der Waals surface area contributed by atoms with Gasteiger partial charge in [-0.1, -0.05) is 183 Å². The first kappa shape index (κ1) is 38.6. The predicted octanol–water partition coefficient (Wildman–Crippen LogP) is 16.2. The molecule has 0 saturated carbocycles. The zero-order valence-corrected chi connectivity index (χ0v) is 33.4. The normalized spacial score (nSPS) is 12.8. The SMILES string of the molecule is CCCCCCCCC1(CCCCCCCC)c2ccccc2-c2ccc(-c3ccc(N(c4ccc(C)cc4)c4ccc(CCCC)cc4)cc3)cc21. The summed E-state index contributed by atoms with van der Waals surface area (Å²) in [4.78, 5) is 2.40. The molecular weight excluding hydrogens is 639 g/mol. The summed E-state index contributed by atoms with van der Waals surface area (Å²) in [5.41, 5.74) is 15.1. The van der Waals surface area contributed by atoms with E-state index in [-0.39, 0.29) is 5.41 Å². The summed E-state index contributed by atoms with van der Waals surface area (Å²) < 4.78 is 0. The van der Waals surface area contributed by atoms with E-state index >= 15 is 0 Å². The van der Waals surface area contributed by atoms with Gasteiger partial charge in [0, 0.05) is 22.5 Å². The fourth-order valence-electron chi connectivity index (χ4n) is 8.85. The summed E-state index contributed by atoms with van der Waals surface area (Å²) in [5, 5.41) is 0. The summed E-state index contributed by atoms with van der Waals surface area (Å²) in [6.07, 6.45) is 22.2. The van der Waals surface area contributed by atoms with Crippen LogP contribution in [0.25, 0.3) is 22.3 Å². The Morgan fingerprint density at radius 1 is 0.434 bits per heavy atom. The maximum atomic E-state index is 2.59. The number of anilines is 3. The molecule has 0 aromatic heterocycles. The summed E-state index contributed by atoms with van der Waals surface area (Å²) in [7, 11) is 0. The third kappa shape index (κ3) is 9.35. The van der Waals surface area contributed by atoms with Gasteiger partial charge in [0.1, 0.15) is 0 Å². The van der Waals surface area contributed by atoms with E-state index in [0.717, 1.165) is 6.42 Å². The van der Waals surface area contributed by atoms with Gasteiger partial charge in [0.15, 0.2) is 0 Å². The maximum absolute atomic E-state index is 2.59. The van der Waals surface area contributed by atoms with Crippen LogP contribution in [0.4, 0.5) is 17.1 Å². The minimum absolute atomic E-state index is 0.100. The quantitative estimate of drug-likeness (QED) is 0.0688. The van der Waals surface area contributed by atoms with Crippen LogP contribution in [0.3, 0.4) is 0 Å². The van der Waals surface area contributed by atoms with Crippen LogP contribution in [0.2, 0.25) is 0 Å². The Labute approximate surface area is 322 Å². The molecule has 5 aromatic carbocycles. The minimum atomic E-state index is 0.100.